The number of rotatable bonds is 5. The van der Waals surface area contributed by atoms with Crippen LogP contribution in [0.5, 0.6) is 5.75 Å². The average Bonchev–Trinajstić information content (AvgIpc) is 3.13. The fraction of sp³-hybridized carbons (Fsp3) is 0.0556. The van der Waals surface area contributed by atoms with Crippen LogP contribution in [0.3, 0.4) is 0 Å². The van der Waals surface area contributed by atoms with Crippen molar-refractivity contribution in [1.82, 2.24) is 4.98 Å². The lowest BCUT2D eigenvalue weighted by atomic mass is 10.1. The molecule has 6 nitrogen and oxygen atoms in total. The number of aromatic nitrogens is 1. The van der Waals surface area contributed by atoms with Gasteiger partial charge in [-0.25, -0.2) is 12.8 Å². The maximum Gasteiger partial charge on any atom is 0.573 e. The molecule has 0 aliphatic heterocycles. The van der Waals surface area contributed by atoms with Gasteiger partial charge < -0.3 is 9.72 Å². The quantitative estimate of drug-likeness (QED) is 0.593. The first-order chi connectivity index (χ1) is 13.6. The van der Waals surface area contributed by atoms with Crippen molar-refractivity contribution >= 4 is 15.7 Å². The van der Waals surface area contributed by atoms with Crippen LogP contribution in [0.4, 0.5) is 23.2 Å². The molecule has 0 saturated carbocycles. The van der Waals surface area contributed by atoms with E-state index in [0.29, 0.717) is 0 Å². The molecular formula is C18H11F4N3O3S. The first-order valence-electron chi connectivity index (χ1n) is 7.85. The second kappa shape index (κ2) is 7.48. The van der Waals surface area contributed by atoms with Gasteiger partial charge in [0, 0.05) is 11.8 Å². The summed E-state index contributed by atoms with van der Waals surface area (Å²) < 4.78 is 82.6. The molecule has 150 valence electrons. The molecule has 29 heavy (non-hydrogen) atoms. The van der Waals surface area contributed by atoms with E-state index in [-0.39, 0.29) is 27.4 Å². The van der Waals surface area contributed by atoms with Gasteiger partial charge in [0.25, 0.3) is 10.0 Å². The fourth-order valence-corrected chi connectivity index (χ4v) is 3.52. The van der Waals surface area contributed by atoms with Crippen LogP contribution in [0, 0.1) is 17.1 Å². The number of nitriles is 1. The van der Waals surface area contributed by atoms with Gasteiger partial charge in [-0.15, -0.1) is 13.2 Å². The van der Waals surface area contributed by atoms with E-state index in [1.54, 1.807) is 6.07 Å². The summed E-state index contributed by atoms with van der Waals surface area (Å²) in [4.78, 5) is 2.23. The van der Waals surface area contributed by atoms with Crippen LogP contribution in [0.1, 0.15) is 5.56 Å². The van der Waals surface area contributed by atoms with Crippen LogP contribution in [0.25, 0.3) is 11.3 Å². The van der Waals surface area contributed by atoms with E-state index in [2.05, 4.69) is 9.72 Å². The van der Waals surface area contributed by atoms with Crippen molar-refractivity contribution in [1.29, 1.82) is 5.26 Å². The van der Waals surface area contributed by atoms with Crippen LogP contribution in [-0.4, -0.2) is 19.8 Å². The number of nitrogens with zero attached hydrogens (tertiary/aromatic N) is 1. The first-order valence-corrected chi connectivity index (χ1v) is 9.33. The molecular weight excluding hydrogens is 414 g/mol. The molecule has 0 atom stereocenters. The van der Waals surface area contributed by atoms with Crippen molar-refractivity contribution in [2.24, 2.45) is 0 Å². The molecule has 0 radical (unpaired) electrons. The number of H-pyrrole nitrogens is 1. The summed E-state index contributed by atoms with van der Waals surface area (Å²) >= 11 is 0. The molecule has 2 N–H and O–H groups in total. The van der Waals surface area contributed by atoms with E-state index in [0.717, 1.165) is 30.5 Å². The number of para-hydroxylation sites is 1. The highest BCUT2D eigenvalue weighted by molar-refractivity contribution is 7.92. The van der Waals surface area contributed by atoms with Gasteiger partial charge in [-0.2, -0.15) is 5.26 Å². The molecule has 0 aliphatic carbocycles. The Hall–Kier alpha value is -3.52. The van der Waals surface area contributed by atoms with Gasteiger partial charge in [0.1, 0.15) is 16.5 Å². The Morgan fingerprint density at radius 3 is 2.48 bits per heavy atom. The minimum atomic E-state index is -4.92. The molecule has 0 amide bonds. The molecule has 3 rings (SSSR count). The lowest BCUT2D eigenvalue weighted by Crippen LogP contribution is -2.17. The van der Waals surface area contributed by atoms with Gasteiger partial charge in [-0.05, 0) is 36.4 Å². The zero-order chi connectivity index (χ0) is 21.2. The van der Waals surface area contributed by atoms with E-state index in [1.807, 2.05) is 4.72 Å². The highest BCUT2D eigenvalue weighted by Gasteiger charge is 2.32. The summed E-state index contributed by atoms with van der Waals surface area (Å²) in [7, 11) is -4.26. The molecule has 1 aromatic heterocycles. The van der Waals surface area contributed by atoms with Crippen LogP contribution in [0.15, 0.2) is 59.6 Å². The number of aromatic amines is 1. The van der Waals surface area contributed by atoms with Crippen LogP contribution >= 0.6 is 0 Å². The Morgan fingerprint density at radius 2 is 1.83 bits per heavy atom. The highest BCUT2D eigenvalue weighted by Crippen LogP contribution is 2.34. The van der Waals surface area contributed by atoms with Crippen molar-refractivity contribution in [2.75, 3.05) is 4.72 Å². The summed E-state index contributed by atoms with van der Waals surface area (Å²) in [6, 6.07) is 11.2. The number of anilines is 1. The normalized spacial score (nSPS) is 11.7. The van der Waals surface area contributed by atoms with E-state index in [1.165, 1.54) is 24.3 Å². The zero-order valence-electron chi connectivity index (χ0n) is 14.3. The summed E-state index contributed by atoms with van der Waals surface area (Å²) in [6.07, 6.45) is -3.88. The van der Waals surface area contributed by atoms with Crippen molar-refractivity contribution in [2.45, 2.75) is 11.3 Å². The molecule has 3 aromatic rings. The van der Waals surface area contributed by atoms with E-state index >= 15 is 0 Å². The topological polar surface area (TPSA) is 95.0 Å². The van der Waals surface area contributed by atoms with Crippen LogP contribution in [0.2, 0.25) is 0 Å². The molecule has 2 aromatic carbocycles. The molecule has 0 fully saturated rings. The maximum absolute atomic E-state index is 14.0. The Balaban J connectivity index is 1.91. The highest BCUT2D eigenvalue weighted by atomic mass is 32.2. The van der Waals surface area contributed by atoms with Gasteiger partial charge in [-0.1, -0.05) is 12.1 Å². The van der Waals surface area contributed by atoms with E-state index < -0.39 is 28.0 Å². The summed E-state index contributed by atoms with van der Waals surface area (Å²) in [5.41, 5.74) is -0.343. The van der Waals surface area contributed by atoms with Gasteiger partial charge in [-0.3, -0.25) is 4.72 Å². The minimum Gasteiger partial charge on any atom is -0.405 e. The first kappa shape index (κ1) is 20.2. The van der Waals surface area contributed by atoms with Crippen molar-refractivity contribution < 1.29 is 30.7 Å². The lowest BCUT2D eigenvalue weighted by Gasteiger charge is -2.12. The van der Waals surface area contributed by atoms with Crippen molar-refractivity contribution in [3.05, 3.63) is 66.1 Å². The van der Waals surface area contributed by atoms with Crippen molar-refractivity contribution in [3.63, 3.8) is 0 Å². The second-order valence-electron chi connectivity index (χ2n) is 5.70. The molecule has 0 spiro atoms. The molecule has 11 heteroatoms. The number of nitrogens with one attached hydrogen (secondary N) is 2. The molecule has 0 aliphatic rings. The monoisotopic (exact) mass is 425 g/mol. The Kier molecular flexibility index (Phi) is 5.21. The zero-order valence-corrected chi connectivity index (χ0v) is 15.1. The van der Waals surface area contributed by atoms with Crippen molar-refractivity contribution in [3.8, 4) is 23.1 Å². The third kappa shape index (κ3) is 4.67. The number of sulfonamides is 1. The lowest BCUT2D eigenvalue weighted by molar-refractivity contribution is -0.274. The van der Waals surface area contributed by atoms with Gasteiger partial charge >= 0.3 is 6.36 Å². The number of hydrogen-bond donors (Lipinski definition) is 2. The average molecular weight is 425 g/mol. The van der Waals surface area contributed by atoms with Gasteiger partial charge in [0.05, 0.1) is 23.0 Å². The Labute approximate surface area is 162 Å². The minimum absolute atomic E-state index is 0.00986. The SMILES string of the molecule is N#Cc1ccc(NS(=O)(=O)c2c[nH]c(-c3ccccc3OC(F)(F)F)c2)c(F)c1. The van der Waals surface area contributed by atoms with Gasteiger partial charge in [0.15, 0.2) is 0 Å². The predicted molar refractivity (Wildman–Crippen MR) is 94.8 cm³/mol. The number of benzene rings is 2. The molecule has 0 unspecified atom stereocenters. The van der Waals surface area contributed by atoms with E-state index in [9.17, 15) is 26.0 Å². The van der Waals surface area contributed by atoms with Crippen LogP contribution in [-0.2, 0) is 10.0 Å². The fourth-order valence-electron chi connectivity index (χ4n) is 2.46. The summed E-state index contributed by atoms with van der Waals surface area (Å²) in [5.74, 6) is -1.47. The summed E-state index contributed by atoms with van der Waals surface area (Å²) in [5, 5.41) is 8.73. The maximum atomic E-state index is 14.0. The number of alkyl halides is 3. The molecule has 1 heterocycles. The van der Waals surface area contributed by atoms with Gasteiger partial charge in [0.2, 0.25) is 0 Å². The largest absolute Gasteiger partial charge is 0.573 e. The Bertz CT molecular complexity index is 1200. The number of hydrogen-bond acceptors (Lipinski definition) is 4. The number of ether oxygens (including phenoxy) is 1. The molecule has 0 saturated heterocycles. The Morgan fingerprint density at radius 1 is 1.10 bits per heavy atom. The second-order valence-corrected chi connectivity index (χ2v) is 7.39. The standard InChI is InChI=1S/C18H11F4N3O3S/c19-14-7-11(9-23)5-6-15(14)25-29(26,27)12-8-16(24-10-12)13-3-1-2-4-17(13)28-18(20,21)22/h1-8,10,24-25H. The summed E-state index contributed by atoms with van der Waals surface area (Å²) in [6.45, 7) is 0. The third-order valence-corrected chi connectivity index (χ3v) is 5.06. The third-order valence-electron chi connectivity index (χ3n) is 3.71. The van der Waals surface area contributed by atoms with Crippen LogP contribution < -0.4 is 9.46 Å². The molecule has 0 bridgehead atoms. The smallest absolute Gasteiger partial charge is 0.405 e. The van der Waals surface area contributed by atoms with E-state index in [4.69, 9.17) is 5.26 Å². The number of halogens is 4. The predicted octanol–water partition coefficient (Wildman–Crippen LogP) is 4.39.